The standard InChI is InChI=1S/C21H31N3O4/c1-21(2,3)17(19(26)22-4)24-18(25)16-10-9-15(13-7-8-13)20(23-16)28-12-14-6-5-11-27-14/h9-10,13-14,17H,5-8,11-12H2,1-4H3,(H,22,26)(H,24,25)/t14-,17?/m0/s1. The number of nitrogens with zero attached hydrogens (tertiary/aromatic N) is 1. The second kappa shape index (κ2) is 8.47. The van der Waals surface area contributed by atoms with E-state index in [1.54, 1.807) is 13.1 Å². The lowest BCUT2D eigenvalue weighted by atomic mass is 9.86. The Bertz CT molecular complexity index is 719. The van der Waals surface area contributed by atoms with Gasteiger partial charge in [-0.05, 0) is 43.1 Å². The molecule has 2 atom stereocenters. The number of carbonyl (C=O) groups is 2. The third kappa shape index (κ3) is 5.01. The van der Waals surface area contributed by atoms with Crippen molar-refractivity contribution in [3.05, 3.63) is 23.4 Å². The highest BCUT2D eigenvalue weighted by molar-refractivity contribution is 5.96. The molecule has 1 aliphatic heterocycles. The summed E-state index contributed by atoms with van der Waals surface area (Å²) in [5.41, 5.74) is 0.876. The van der Waals surface area contributed by atoms with Crippen LogP contribution in [0.25, 0.3) is 0 Å². The molecule has 2 amide bonds. The lowest BCUT2D eigenvalue weighted by molar-refractivity contribution is -0.124. The van der Waals surface area contributed by atoms with Crippen LogP contribution in [0.5, 0.6) is 5.88 Å². The van der Waals surface area contributed by atoms with Crippen LogP contribution < -0.4 is 15.4 Å². The van der Waals surface area contributed by atoms with Gasteiger partial charge in [0.2, 0.25) is 11.8 Å². The van der Waals surface area contributed by atoms with Crippen molar-refractivity contribution in [2.75, 3.05) is 20.3 Å². The Labute approximate surface area is 166 Å². The van der Waals surface area contributed by atoms with Crippen molar-refractivity contribution in [1.29, 1.82) is 0 Å². The Morgan fingerprint density at radius 2 is 2.04 bits per heavy atom. The third-order valence-corrected chi connectivity index (χ3v) is 5.22. The van der Waals surface area contributed by atoms with E-state index < -0.39 is 11.5 Å². The van der Waals surface area contributed by atoms with Crippen LogP contribution >= 0.6 is 0 Å². The van der Waals surface area contributed by atoms with Gasteiger partial charge in [0, 0.05) is 19.2 Å². The van der Waals surface area contributed by atoms with E-state index in [2.05, 4.69) is 15.6 Å². The Morgan fingerprint density at radius 1 is 1.29 bits per heavy atom. The maximum absolute atomic E-state index is 12.8. The Hall–Kier alpha value is -2.15. The first-order chi connectivity index (χ1) is 13.3. The number of hydrogen-bond donors (Lipinski definition) is 2. The first kappa shape index (κ1) is 20.6. The second-order valence-electron chi connectivity index (χ2n) is 8.70. The molecule has 1 aromatic heterocycles. The topological polar surface area (TPSA) is 89.6 Å². The molecule has 1 aliphatic carbocycles. The lowest BCUT2D eigenvalue weighted by Gasteiger charge is -2.29. The molecule has 28 heavy (non-hydrogen) atoms. The number of nitrogens with one attached hydrogen (secondary N) is 2. The number of hydrogen-bond acceptors (Lipinski definition) is 5. The van der Waals surface area contributed by atoms with Crippen molar-refractivity contribution >= 4 is 11.8 Å². The van der Waals surface area contributed by atoms with Gasteiger partial charge in [-0.1, -0.05) is 26.8 Å². The van der Waals surface area contributed by atoms with E-state index in [4.69, 9.17) is 9.47 Å². The molecule has 2 aliphatic rings. The number of aromatic nitrogens is 1. The smallest absolute Gasteiger partial charge is 0.270 e. The average molecular weight is 389 g/mol. The highest BCUT2D eigenvalue weighted by Crippen LogP contribution is 2.43. The number of likely N-dealkylation sites (N-methyl/N-ethyl adjacent to an activating group) is 1. The van der Waals surface area contributed by atoms with Crippen LogP contribution in [-0.2, 0) is 9.53 Å². The fraction of sp³-hybridized carbons (Fsp3) is 0.667. The molecule has 1 aromatic rings. The van der Waals surface area contributed by atoms with Crippen LogP contribution in [0.15, 0.2) is 12.1 Å². The molecule has 1 saturated carbocycles. The molecule has 0 spiro atoms. The van der Waals surface area contributed by atoms with E-state index in [0.717, 1.165) is 37.9 Å². The number of amides is 2. The Morgan fingerprint density at radius 3 is 2.61 bits per heavy atom. The van der Waals surface area contributed by atoms with Crippen molar-refractivity contribution in [3.8, 4) is 5.88 Å². The van der Waals surface area contributed by atoms with Crippen LogP contribution in [0.3, 0.4) is 0 Å². The molecule has 1 saturated heterocycles. The highest BCUT2D eigenvalue weighted by Gasteiger charge is 2.33. The summed E-state index contributed by atoms with van der Waals surface area (Å²) in [5.74, 6) is 0.355. The third-order valence-electron chi connectivity index (χ3n) is 5.22. The SMILES string of the molecule is CNC(=O)C(NC(=O)c1ccc(C2CC2)c(OC[C@@H]2CCCO2)n1)C(C)(C)C. The van der Waals surface area contributed by atoms with Crippen LogP contribution in [-0.4, -0.2) is 49.2 Å². The van der Waals surface area contributed by atoms with Gasteiger partial charge in [-0.25, -0.2) is 4.98 Å². The summed E-state index contributed by atoms with van der Waals surface area (Å²) < 4.78 is 11.6. The summed E-state index contributed by atoms with van der Waals surface area (Å²) in [7, 11) is 1.56. The van der Waals surface area contributed by atoms with Crippen LogP contribution in [0.2, 0.25) is 0 Å². The van der Waals surface area contributed by atoms with Crippen LogP contribution in [0, 0.1) is 5.41 Å². The molecule has 1 unspecified atom stereocenters. The van der Waals surface area contributed by atoms with Crippen LogP contribution in [0.1, 0.15) is 68.4 Å². The average Bonchev–Trinajstić information content (AvgIpc) is 3.37. The predicted molar refractivity (Wildman–Crippen MR) is 105 cm³/mol. The van der Waals surface area contributed by atoms with Gasteiger partial charge in [-0.15, -0.1) is 0 Å². The van der Waals surface area contributed by atoms with E-state index in [9.17, 15) is 9.59 Å². The fourth-order valence-electron chi connectivity index (χ4n) is 3.37. The van der Waals surface area contributed by atoms with Gasteiger partial charge < -0.3 is 20.1 Å². The first-order valence-electron chi connectivity index (χ1n) is 10.1. The van der Waals surface area contributed by atoms with Gasteiger partial charge >= 0.3 is 0 Å². The molecular formula is C21H31N3O4. The van der Waals surface area contributed by atoms with Crippen molar-refractivity contribution in [2.24, 2.45) is 5.41 Å². The summed E-state index contributed by atoms with van der Waals surface area (Å²) in [5, 5.41) is 5.43. The normalized spacial score (nSPS) is 20.5. The zero-order valence-corrected chi connectivity index (χ0v) is 17.2. The fourth-order valence-corrected chi connectivity index (χ4v) is 3.37. The maximum atomic E-state index is 12.8. The number of rotatable bonds is 7. The monoisotopic (exact) mass is 389 g/mol. The molecule has 2 N–H and O–H groups in total. The number of carbonyl (C=O) groups excluding carboxylic acids is 2. The lowest BCUT2D eigenvalue weighted by Crippen LogP contribution is -2.53. The molecule has 0 radical (unpaired) electrons. The van der Waals surface area contributed by atoms with Crippen molar-refractivity contribution in [2.45, 2.75) is 64.5 Å². The minimum Gasteiger partial charge on any atom is -0.475 e. The van der Waals surface area contributed by atoms with E-state index in [1.807, 2.05) is 26.8 Å². The molecule has 3 rings (SSSR count). The molecule has 2 fully saturated rings. The summed E-state index contributed by atoms with van der Waals surface area (Å²) in [6, 6.07) is 2.98. The quantitative estimate of drug-likeness (QED) is 0.747. The van der Waals surface area contributed by atoms with Gasteiger partial charge in [0.15, 0.2) is 0 Å². The first-order valence-corrected chi connectivity index (χ1v) is 10.1. The molecule has 0 aromatic carbocycles. The minimum atomic E-state index is -0.661. The van der Waals surface area contributed by atoms with Crippen molar-refractivity contribution in [3.63, 3.8) is 0 Å². The second-order valence-corrected chi connectivity index (χ2v) is 8.70. The van der Waals surface area contributed by atoms with E-state index in [1.165, 1.54) is 0 Å². The highest BCUT2D eigenvalue weighted by atomic mass is 16.5. The van der Waals surface area contributed by atoms with Crippen molar-refractivity contribution in [1.82, 2.24) is 15.6 Å². The van der Waals surface area contributed by atoms with E-state index >= 15 is 0 Å². The van der Waals surface area contributed by atoms with Crippen LogP contribution in [0.4, 0.5) is 0 Å². The zero-order valence-electron chi connectivity index (χ0n) is 17.2. The summed E-state index contributed by atoms with van der Waals surface area (Å²) in [6.07, 6.45) is 4.36. The van der Waals surface area contributed by atoms with Gasteiger partial charge in [-0.3, -0.25) is 9.59 Å². The van der Waals surface area contributed by atoms with E-state index in [-0.39, 0.29) is 23.6 Å². The summed E-state index contributed by atoms with van der Waals surface area (Å²) in [6.45, 7) is 6.95. The predicted octanol–water partition coefficient (Wildman–Crippen LogP) is 2.41. The zero-order chi connectivity index (χ0) is 20.3. The van der Waals surface area contributed by atoms with Gasteiger partial charge in [0.1, 0.15) is 18.3 Å². The largest absolute Gasteiger partial charge is 0.475 e. The Kier molecular flexibility index (Phi) is 6.23. The minimum absolute atomic E-state index is 0.0878. The van der Waals surface area contributed by atoms with Gasteiger partial charge in [0.05, 0.1) is 6.10 Å². The Balaban J connectivity index is 1.75. The van der Waals surface area contributed by atoms with Gasteiger partial charge in [-0.2, -0.15) is 0 Å². The molecular weight excluding hydrogens is 358 g/mol. The molecule has 0 bridgehead atoms. The maximum Gasteiger partial charge on any atom is 0.270 e. The molecule has 154 valence electrons. The number of pyridine rings is 1. The van der Waals surface area contributed by atoms with E-state index in [0.29, 0.717) is 18.4 Å². The van der Waals surface area contributed by atoms with Crippen molar-refractivity contribution < 1.29 is 19.1 Å². The molecule has 7 nitrogen and oxygen atoms in total. The molecule has 7 heteroatoms. The number of ether oxygens (including phenoxy) is 2. The summed E-state index contributed by atoms with van der Waals surface area (Å²) in [4.78, 5) is 29.5. The molecule has 2 heterocycles. The summed E-state index contributed by atoms with van der Waals surface area (Å²) >= 11 is 0. The van der Waals surface area contributed by atoms with Gasteiger partial charge in [0.25, 0.3) is 5.91 Å².